The Balaban J connectivity index is 2.95. The van der Waals surface area contributed by atoms with Gasteiger partial charge in [-0.1, -0.05) is 26.0 Å². The molecule has 1 aromatic rings. The highest BCUT2D eigenvalue weighted by atomic mass is 16.1. The lowest BCUT2D eigenvalue weighted by Crippen LogP contribution is -2.15. The number of benzene rings is 1. The van der Waals surface area contributed by atoms with Crippen LogP contribution in [-0.2, 0) is 0 Å². The van der Waals surface area contributed by atoms with Gasteiger partial charge in [0, 0.05) is 5.56 Å². The third-order valence-electron chi connectivity index (χ3n) is 2.97. The summed E-state index contributed by atoms with van der Waals surface area (Å²) < 4.78 is 0. The molecular formula is C15H19NO. The molecule has 1 atom stereocenters. The number of nitrogens with zero attached hydrogens (tertiary/aromatic N) is 1. The second kappa shape index (κ2) is 5.63. The second-order valence-corrected chi connectivity index (χ2v) is 4.97. The van der Waals surface area contributed by atoms with E-state index in [0.717, 1.165) is 5.56 Å². The minimum Gasteiger partial charge on any atom is -0.293 e. The molecule has 0 aliphatic carbocycles. The molecule has 17 heavy (non-hydrogen) atoms. The summed E-state index contributed by atoms with van der Waals surface area (Å²) in [5.41, 5.74) is 2.91. The van der Waals surface area contributed by atoms with Gasteiger partial charge in [-0.15, -0.1) is 0 Å². The van der Waals surface area contributed by atoms with Gasteiger partial charge in [-0.05, 0) is 43.4 Å². The first kappa shape index (κ1) is 13.4. The maximum Gasteiger partial charge on any atom is 0.179 e. The van der Waals surface area contributed by atoms with Crippen molar-refractivity contribution in [3.8, 4) is 6.07 Å². The molecule has 0 fully saturated rings. The molecule has 0 radical (unpaired) electrons. The summed E-state index contributed by atoms with van der Waals surface area (Å²) in [6.45, 7) is 8.05. The van der Waals surface area contributed by atoms with E-state index < -0.39 is 5.92 Å². The van der Waals surface area contributed by atoms with Crippen LogP contribution in [0.15, 0.2) is 18.2 Å². The zero-order valence-corrected chi connectivity index (χ0v) is 10.9. The van der Waals surface area contributed by atoms with Gasteiger partial charge in [0.15, 0.2) is 5.78 Å². The fourth-order valence-electron chi connectivity index (χ4n) is 1.79. The van der Waals surface area contributed by atoms with Crippen molar-refractivity contribution in [3.05, 3.63) is 34.9 Å². The van der Waals surface area contributed by atoms with Gasteiger partial charge in [-0.2, -0.15) is 5.26 Å². The van der Waals surface area contributed by atoms with Crippen LogP contribution in [0.4, 0.5) is 0 Å². The lowest BCUT2D eigenvalue weighted by Gasteiger charge is -2.11. The Hall–Kier alpha value is -1.62. The van der Waals surface area contributed by atoms with Crippen molar-refractivity contribution in [2.24, 2.45) is 11.8 Å². The predicted molar refractivity (Wildman–Crippen MR) is 68.8 cm³/mol. The van der Waals surface area contributed by atoms with E-state index in [1.807, 2.05) is 45.9 Å². The number of ketones is 1. The zero-order chi connectivity index (χ0) is 13.0. The van der Waals surface area contributed by atoms with Gasteiger partial charge >= 0.3 is 0 Å². The van der Waals surface area contributed by atoms with Crippen molar-refractivity contribution in [2.75, 3.05) is 0 Å². The first-order chi connectivity index (χ1) is 7.95. The molecule has 2 heteroatoms. The fraction of sp³-hybridized carbons (Fsp3) is 0.467. The number of hydrogen-bond donors (Lipinski definition) is 0. The number of aryl methyl sites for hydroxylation is 2. The van der Waals surface area contributed by atoms with Gasteiger partial charge in [-0.3, -0.25) is 4.79 Å². The van der Waals surface area contributed by atoms with E-state index in [9.17, 15) is 4.79 Å². The standard InChI is InChI=1S/C15H19NO/c1-10(2)7-14(9-16)15(17)13-6-5-11(3)12(4)8-13/h5-6,8,10,14H,7H2,1-4H3. The van der Waals surface area contributed by atoms with E-state index in [1.165, 1.54) is 5.56 Å². The quantitative estimate of drug-likeness (QED) is 0.739. The second-order valence-electron chi connectivity index (χ2n) is 4.97. The largest absolute Gasteiger partial charge is 0.293 e. The molecular weight excluding hydrogens is 210 g/mol. The minimum absolute atomic E-state index is 0.0516. The number of nitriles is 1. The van der Waals surface area contributed by atoms with Gasteiger partial charge in [-0.25, -0.2) is 0 Å². The van der Waals surface area contributed by atoms with Crippen LogP contribution in [-0.4, -0.2) is 5.78 Å². The highest BCUT2D eigenvalue weighted by Crippen LogP contribution is 2.18. The molecule has 0 N–H and O–H groups in total. The summed E-state index contributed by atoms with van der Waals surface area (Å²) in [6, 6.07) is 7.75. The van der Waals surface area contributed by atoms with Crippen LogP contribution < -0.4 is 0 Å². The molecule has 0 aliphatic rings. The first-order valence-electron chi connectivity index (χ1n) is 5.96. The molecule has 0 aliphatic heterocycles. The van der Waals surface area contributed by atoms with E-state index >= 15 is 0 Å². The van der Waals surface area contributed by atoms with Crippen molar-refractivity contribution in [3.63, 3.8) is 0 Å². The summed E-state index contributed by atoms with van der Waals surface area (Å²) >= 11 is 0. The Morgan fingerprint density at radius 3 is 2.41 bits per heavy atom. The van der Waals surface area contributed by atoms with E-state index in [4.69, 9.17) is 5.26 Å². The SMILES string of the molecule is Cc1ccc(C(=O)C(C#N)CC(C)C)cc1C. The number of hydrogen-bond acceptors (Lipinski definition) is 2. The van der Waals surface area contributed by atoms with Gasteiger partial charge in [0.05, 0.1) is 6.07 Å². The van der Waals surface area contributed by atoms with Crippen LogP contribution in [0.1, 0.15) is 41.8 Å². The van der Waals surface area contributed by atoms with Crippen LogP contribution >= 0.6 is 0 Å². The molecule has 0 heterocycles. The first-order valence-corrected chi connectivity index (χ1v) is 5.96. The Morgan fingerprint density at radius 2 is 1.94 bits per heavy atom. The van der Waals surface area contributed by atoms with E-state index in [2.05, 4.69) is 6.07 Å². The number of rotatable bonds is 4. The van der Waals surface area contributed by atoms with Gasteiger partial charge in [0.2, 0.25) is 0 Å². The van der Waals surface area contributed by atoms with Crippen molar-refractivity contribution in [2.45, 2.75) is 34.1 Å². The summed E-state index contributed by atoms with van der Waals surface area (Å²) in [5.74, 6) is -0.212. The van der Waals surface area contributed by atoms with Crippen molar-refractivity contribution in [1.82, 2.24) is 0 Å². The molecule has 0 bridgehead atoms. The maximum absolute atomic E-state index is 12.2. The van der Waals surface area contributed by atoms with Gasteiger partial charge < -0.3 is 0 Å². The number of Topliss-reactive ketones (excluding diaryl/α,β-unsaturated/α-hetero) is 1. The fourth-order valence-corrected chi connectivity index (χ4v) is 1.79. The zero-order valence-electron chi connectivity index (χ0n) is 10.9. The molecule has 0 amide bonds. The summed E-state index contributed by atoms with van der Waals surface area (Å²) in [4.78, 5) is 12.2. The topological polar surface area (TPSA) is 40.9 Å². The number of carbonyl (C=O) groups is 1. The Labute approximate surface area is 103 Å². The summed E-state index contributed by atoms with van der Waals surface area (Å²) in [5, 5.41) is 9.06. The van der Waals surface area contributed by atoms with Crippen molar-refractivity contribution in [1.29, 1.82) is 5.26 Å². The van der Waals surface area contributed by atoms with Gasteiger partial charge in [0.1, 0.15) is 5.92 Å². The van der Waals surface area contributed by atoms with Gasteiger partial charge in [0.25, 0.3) is 0 Å². The average molecular weight is 229 g/mol. The highest BCUT2D eigenvalue weighted by molar-refractivity contribution is 5.99. The molecule has 0 saturated heterocycles. The Morgan fingerprint density at radius 1 is 1.29 bits per heavy atom. The molecule has 1 aromatic carbocycles. The Bertz CT molecular complexity index is 454. The third-order valence-corrected chi connectivity index (χ3v) is 2.97. The summed E-state index contributed by atoms with van der Waals surface area (Å²) in [7, 11) is 0. The van der Waals surface area contributed by atoms with Crippen LogP contribution in [0.25, 0.3) is 0 Å². The highest BCUT2D eigenvalue weighted by Gasteiger charge is 2.20. The number of carbonyl (C=O) groups excluding carboxylic acids is 1. The predicted octanol–water partition coefficient (Wildman–Crippen LogP) is 3.67. The molecule has 1 unspecified atom stereocenters. The van der Waals surface area contributed by atoms with Crippen LogP contribution in [0.5, 0.6) is 0 Å². The maximum atomic E-state index is 12.2. The van der Waals surface area contributed by atoms with Crippen LogP contribution in [0.3, 0.4) is 0 Å². The smallest absolute Gasteiger partial charge is 0.179 e. The average Bonchev–Trinajstić information content (AvgIpc) is 2.28. The Kier molecular flexibility index (Phi) is 4.45. The van der Waals surface area contributed by atoms with E-state index in [1.54, 1.807) is 0 Å². The normalized spacial score (nSPS) is 12.2. The molecule has 2 nitrogen and oxygen atoms in total. The van der Waals surface area contributed by atoms with Crippen LogP contribution in [0, 0.1) is 37.0 Å². The molecule has 0 saturated carbocycles. The lowest BCUT2D eigenvalue weighted by molar-refractivity contribution is 0.0937. The van der Waals surface area contributed by atoms with E-state index in [-0.39, 0.29) is 5.78 Å². The van der Waals surface area contributed by atoms with Crippen molar-refractivity contribution >= 4 is 5.78 Å². The van der Waals surface area contributed by atoms with Crippen molar-refractivity contribution < 1.29 is 4.79 Å². The monoisotopic (exact) mass is 229 g/mol. The molecule has 1 rings (SSSR count). The van der Waals surface area contributed by atoms with E-state index in [0.29, 0.717) is 17.9 Å². The molecule has 90 valence electrons. The minimum atomic E-state index is -0.517. The lowest BCUT2D eigenvalue weighted by atomic mass is 9.90. The van der Waals surface area contributed by atoms with Crippen LogP contribution in [0.2, 0.25) is 0 Å². The third kappa shape index (κ3) is 3.42. The summed E-state index contributed by atoms with van der Waals surface area (Å²) in [6.07, 6.45) is 0.627. The molecule has 0 aromatic heterocycles. The molecule has 0 spiro atoms.